The molecular weight excluding hydrogens is 254 g/mol. The monoisotopic (exact) mass is 283 g/mol. The summed E-state index contributed by atoms with van der Waals surface area (Å²) in [6, 6.07) is 1.14. The first-order chi connectivity index (χ1) is 9.52. The Hall–Kier alpha value is -0.650. The maximum absolute atomic E-state index is 12.0. The molecule has 0 aromatic rings. The third-order valence-corrected chi connectivity index (χ3v) is 5.34. The molecular formula is C15H29N3O2. The molecule has 1 N–H and O–H groups in total. The molecule has 0 amide bonds. The highest BCUT2D eigenvalue weighted by atomic mass is 16.5. The fourth-order valence-electron chi connectivity index (χ4n) is 3.80. The molecule has 2 aliphatic rings. The molecule has 1 heterocycles. The maximum atomic E-state index is 12.0. The third kappa shape index (κ3) is 3.00. The zero-order chi connectivity index (χ0) is 14.8. The quantitative estimate of drug-likeness (QED) is 0.752. The molecule has 0 aromatic carbocycles. The van der Waals surface area contributed by atoms with Crippen LogP contribution in [0.3, 0.4) is 0 Å². The van der Waals surface area contributed by atoms with Crippen LogP contribution in [0.1, 0.15) is 32.1 Å². The van der Waals surface area contributed by atoms with Crippen LogP contribution in [0.25, 0.3) is 0 Å². The summed E-state index contributed by atoms with van der Waals surface area (Å²) in [6.45, 7) is 2.31. The summed E-state index contributed by atoms with van der Waals surface area (Å²) in [7, 11) is 7.75. The second-order valence-electron chi connectivity index (χ2n) is 6.44. The Morgan fingerprint density at radius 3 is 2.80 bits per heavy atom. The van der Waals surface area contributed by atoms with E-state index in [1.807, 2.05) is 7.05 Å². The molecule has 2 rings (SSSR count). The normalized spacial score (nSPS) is 34.9. The van der Waals surface area contributed by atoms with Gasteiger partial charge in [0.05, 0.1) is 7.11 Å². The Morgan fingerprint density at radius 1 is 1.50 bits per heavy atom. The van der Waals surface area contributed by atoms with Crippen LogP contribution in [0.5, 0.6) is 0 Å². The molecule has 1 saturated carbocycles. The van der Waals surface area contributed by atoms with Gasteiger partial charge in [-0.25, -0.2) is 0 Å². The lowest BCUT2D eigenvalue weighted by molar-refractivity contribution is -0.148. The minimum absolute atomic E-state index is 0.117. The molecule has 2 fully saturated rings. The van der Waals surface area contributed by atoms with Crippen LogP contribution < -0.4 is 5.32 Å². The average Bonchev–Trinajstić information content (AvgIpc) is 3.06. The highest BCUT2D eigenvalue weighted by Crippen LogP contribution is 2.34. The summed E-state index contributed by atoms with van der Waals surface area (Å²) in [5.41, 5.74) is -0.477. The number of nitrogens with zero attached hydrogens (tertiary/aromatic N) is 2. The van der Waals surface area contributed by atoms with Crippen molar-refractivity contribution in [3.63, 3.8) is 0 Å². The van der Waals surface area contributed by atoms with Gasteiger partial charge in [0.2, 0.25) is 0 Å². The number of carbonyl (C=O) groups excluding carboxylic acids is 1. The summed E-state index contributed by atoms with van der Waals surface area (Å²) in [5.74, 6) is -0.117. The van der Waals surface area contributed by atoms with E-state index < -0.39 is 5.54 Å². The van der Waals surface area contributed by atoms with Crippen LogP contribution in [0.2, 0.25) is 0 Å². The van der Waals surface area contributed by atoms with Gasteiger partial charge in [0.15, 0.2) is 0 Å². The number of methoxy groups -OCH3 is 1. The number of carbonyl (C=O) groups is 1. The summed E-state index contributed by atoms with van der Waals surface area (Å²) < 4.78 is 4.98. The molecule has 20 heavy (non-hydrogen) atoms. The van der Waals surface area contributed by atoms with Gasteiger partial charge in [0.25, 0.3) is 0 Å². The van der Waals surface area contributed by atoms with Gasteiger partial charge < -0.3 is 19.9 Å². The molecule has 1 aliphatic heterocycles. The highest BCUT2D eigenvalue weighted by molar-refractivity contribution is 5.81. The van der Waals surface area contributed by atoms with Crippen molar-refractivity contribution in [2.45, 2.75) is 49.7 Å². The lowest BCUT2D eigenvalue weighted by Crippen LogP contribution is -2.50. The second-order valence-corrected chi connectivity index (χ2v) is 6.44. The van der Waals surface area contributed by atoms with E-state index >= 15 is 0 Å². The van der Waals surface area contributed by atoms with Gasteiger partial charge >= 0.3 is 5.97 Å². The van der Waals surface area contributed by atoms with E-state index in [1.54, 1.807) is 0 Å². The van der Waals surface area contributed by atoms with E-state index in [1.165, 1.54) is 26.5 Å². The summed E-state index contributed by atoms with van der Waals surface area (Å²) in [4.78, 5) is 16.9. The molecule has 0 spiro atoms. The van der Waals surface area contributed by atoms with Crippen molar-refractivity contribution in [1.29, 1.82) is 0 Å². The molecule has 3 atom stereocenters. The highest BCUT2D eigenvalue weighted by Gasteiger charge is 2.46. The molecule has 116 valence electrons. The maximum Gasteiger partial charge on any atom is 0.326 e. The average molecular weight is 283 g/mol. The molecule has 0 aromatic heterocycles. The molecule has 3 unspecified atom stereocenters. The van der Waals surface area contributed by atoms with Crippen molar-refractivity contribution in [3.8, 4) is 0 Å². The van der Waals surface area contributed by atoms with E-state index in [-0.39, 0.29) is 5.97 Å². The number of likely N-dealkylation sites (N-methyl/N-ethyl adjacent to an activating group) is 3. The lowest BCUT2D eigenvalue weighted by Gasteiger charge is -2.31. The van der Waals surface area contributed by atoms with E-state index in [0.717, 1.165) is 25.8 Å². The summed E-state index contributed by atoms with van der Waals surface area (Å²) in [5, 5.41) is 3.20. The summed E-state index contributed by atoms with van der Waals surface area (Å²) in [6.07, 6.45) is 5.38. The van der Waals surface area contributed by atoms with Gasteiger partial charge in [-0.3, -0.25) is 4.79 Å². The van der Waals surface area contributed by atoms with Crippen molar-refractivity contribution in [1.82, 2.24) is 15.1 Å². The van der Waals surface area contributed by atoms with E-state index in [2.05, 4.69) is 29.2 Å². The predicted octanol–water partition coefficient (Wildman–Crippen LogP) is 0.696. The first-order valence-corrected chi connectivity index (χ1v) is 7.70. The number of ether oxygens (including phenoxy) is 1. The van der Waals surface area contributed by atoms with Gasteiger partial charge in [-0.15, -0.1) is 0 Å². The summed E-state index contributed by atoms with van der Waals surface area (Å²) >= 11 is 0. The second kappa shape index (κ2) is 6.41. The zero-order valence-corrected chi connectivity index (χ0v) is 13.3. The number of hydrogen-bond donors (Lipinski definition) is 1. The third-order valence-electron chi connectivity index (χ3n) is 5.34. The first-order valence-electron chi connectivity index (χ1n) is 7.70. The minimum atomic E-state index is -0.477. The molecule has 5 heteroatoms. The SMILES string of the molecule is CNC1(C(=O)OC)CCC(N(C)CC2CCCN2C)C1. The Balaban J connectivity index is 1.92. The van der Waals surface area contributed by atoms with Crippen molar-refractivity contribution < 1.29 is 9.53 Å². The van der Waals surface area contributed by atoms with Gasteiger partial charge in [-0.1, -0.05) is 0 Å². The van der Waals surface area contributed by atoms with Gasteiger partial charge in [0.1, 0.15) is 5.54 Å². The molecule has 1 saturated heterocycles. The van der Waals surface area contributed by atoms with Crippen molar-refractivity contribution in [2.75, 3.05) is 41.3 Å². The van der Waals surface area contributed by atoms with Crippen molar-refractivity contribution in [2.24, 2.45) is 0 Å². The molecule has 0 bridgehead atoms. The molecule has 1 aliphatic carbocycles. The fraction of sp³-hybridized carbons (Fsp3) is 0.933. The van der Waals surface area contributed by atoms with Gasteiger partial charge in [0, 0.05) is 18.6 Å². The van der Waals surface area contributed by atoms with E-state index in [9.17, 15) is 4.79 Å². The number of likely N-dealkylation sites (tertiary alicyclic amines) is 1. The van der Waals surface area contributed by atoms with Crippen molar-refractivity contribution in [3.05, 3.63) is 0 Å². The number of rotatable bonds is 5. The van der Waals surface area contributed by atoms with Gasteiger partial charge in [-0.05, 0) is 59.8 Å². The Labute approximate surface area is 122 Å². The molecule has 0 radical (unpaired) electrons. The smallest absolute Gasteiger partial charge is 0.326 e. The van der Waals surface area contributed by atoms with Crippen LogP contribution in [0.15, 0.2) is 0 Å². The minimum Gasteiger partial charge on any atom is -0.468 e. The van der Waals surface area contributed by atoms with E-state index in [0.29, 0.717) is 12.1 Å². The first kappa shape index (κ1) is 15.7. The number of esters is 1. The van der Waals surface area contributed by atoms with E-state index in [4.69, 9.17) is 4.74 Å². The zero-order valence-electron chi connectivity index (χ0n) is 13.3. The van der Waals surface area contributed by atoms with Crippen LogP contribution in [0.4, 0.5) is 0 Å². The fourth-order valence-corrected chi connectivity index (χ4v) is 3.80. The Morgan fingerprint density at radius 2 is 2.25 bits per heavy atom. The van der Waals surface area contributed by atoms with Crippen LogP contribution >= 0.6 is 0 Å². The lowest BCUT2D eigenvalue weighted by atomic mass is 9.97. The van der Waals surface area contributed by atoms with Gasteiger partial charge in [-0.2, -0.15) is 0 Å². The van der Waals surface area contributed by atoms with Crippen LogP contribution in [-0.4, -0.2) is 74.7 Å². The molecule has 5 nitrogen and oxygen atoms in total. The Kier molecular flexibility index (Phi) is 5.04. The number of hydrogen-bond acceptors (Lipinski definition) is 5. The van der Waals surface area contributed by atoms with Crippen LogP contribution in [0, 0.1) is 0 Å². The largest absolute Gasteiger partial charge is 0.468 e. The standard InChI is InChI=1S/C15H29N3O2/c1-16-15(14(19)20-4)8-7-12(10-15)18(3)11-13-6-5-9-17(13)2/h12-13,16H,5-11H2,1-4H3. The predicted molar refractivity (Wildman–Crippen MR) is 79.7 cm³/mol. The van der Waals surface area contributed by atoms with Crippen molar-refractivity contribution >= 4 is 5.97 Å². The number of nitrogens with one attached hydrogen (secondary N) is 1. The topological polar surface area (TPSA) is 44.8 Å². The van der Waals surface area contributed by atoms with Crippen LogP contribution in [-0.2, 0) is 9.53 Å². The Bertz CT molecular complexity index is 350.